The fourth-order valence-corrected chi connectivity index (χ4v) is 2.92. The van der Waals surface area contributed by atoms with Crippen molar-refractivity contribution < 1.29 is 0 Å². The van der Waals surface area contributed by atoms with Crippen molar-refractivity contribution in [3.63, 3.8) is 0 Å². The summed E-state index contributed by atoms with van der Waals surface area (Å²) < 4.78 is 2.09. The summed E-state index contributed by atoms with van der Waals surface area (Å²) in [5.41, 5.74) is 9.55. The Morgan fingerprint density at radius 3 is 2.89 bits per heavy atom. The Hall–Kier alpha value is -1.65. The van der Waals surface area contributed by atoms with E-state index in [0.717, 1.165) is 22.4 Å². The Bertz CT molecular complexity index is 682. The van der Waals surface area contributed by atoms with Gasteiger partial charge in [-0.1, -0.05) is 12.1 Å². The number of aryl methyl sites for hydroxylation is 2. The van der Waals surface area contributed by atoms with Gasteiger partial charge in [0.2, 0.25) is 0 Å². The largest absolute Gasteiger partial charge is 0.331 e. The molecule has 0 fully saturated rings. The smallest absolute Gasteiger partial charge is 0.106 e. The molecule has 2 aromatic heterocycles. The molecule has 92 valence electrons. The van der Waals surface area contributed by atoms with Crippen LogP contribution in [-0.2, 0) is 7.05 Å². The molecule has 2 N–H and O–H groups in total. The Morgan fingerprint density at radius 1 is 1.33 bits per heavy atom. The van der Waals surface area contributed by atoms with Crippen LogP contribution in [0.1, 0.15) is 22.3 Å². The zero-order valence-corrected chi connectivity index (χ0v) is 11.2. The lowest BCUT2D eigenvalue weighted by Gasteiger charge is -2.09. The van der Waals surface area contributed by atoms with Gasteiger partial charge in [0.15, 0.2) is 0 Å². The molecule has 0 saturated carbocycles. The molecular formula is C14H15N3S. The van der Waals surface area contributed by atoms with Crippen LogP contribution in [0.5, 0.6) is 0 Å². The molecule has 2 heterocycles. The normalized spacial score (nSPS) is 13.1. The third-order valence-electron chi connectivity index (χ3n) is 3.34. The summed E-state index contributed by atoms with van der Waals surface area (Å²) in [5.74, 6) is 1.02. The number of thiophene rings is 1. The summed E-state index contributed by atoms with van der Waals surface area (Å²) in [6, 6.07) is 10.3. The highest BCUT2D eigenvalue weighted by Crippen LogP contribution is 2.26. The molecule has 1 atom stereocenters. The number of benzene rings is 1. The van der Waals surface area contributed by atoms with Gasteiger partial charge in [-0.25, -0.2) is 4.98 Å². The standard InChI is InChI=1S/C14H15N3S/c1-9-16-11-8-10(5-6-12(11)17(9)2)14(15)13-4-3-7-18-13/h3-8,14H,15H2,1-2H3. The van der Waals surface area contributed by atoms with Crippen molar-refractivity contribution in [3.8, 4) is 0 Å². The number of fused-ring (bicyclic) bond motifs is 1. The topological polar surface area (TPSA) is 43.8 Å². The maximum absolute atomic E-state index is 6.27. The van der Waals surface area contributed by atoms with Crippen LogP contribution in [0, 0.1) is 6.92 Å². The summed E-state index contributed by atoms with van der Waals surface area (Å²) in [6.07, 6.45) is 0. The fourth-order valence-electron chi connectivity index (χ4n) is 2.16. The highest BCUT2D eigenvalue weighted by Gasteiger charge is 2.12. The average molecular weight is 257 g/mol. The van der Waals surface area contributed by atoms with Crippen LogP contribution < -0.4 is 5.73 Å². The van der Waals surface area contributed by atoms with Crippen molar-refractivity contribution in [2.75, 3.05) is 0 Å². The summed E-state index contributed by atoms with van der Waals surface area (Å²) >= 11 is 1.69. The first-order chi connectivity index (χ1) is 8.66. The number of imidazole rings is 1. The van der Waals surface area contributed by atoms with E-state index in [0.29, 0.717) is 0 Å². The lowest BCUT2D eigenvalue weighted by Crippen LogP contribution is -2.09. The predicted octanol–water partition coefficient (Wildman–Crippen LogP) is 2.99. The first kappa shape index (κ1) is 11.4. The second kappa shape index (κ2) is 4.23. The van der Waals surface area contributed by atoms with Gasteiger partial charge in [0.05, 0.1) is 17.1 Å². The van der Waals surface area contributed by atoms with Crippen LogP contribution in [0.2, 0.25) is 0 Å². The van der Waals surface area contributed by atoms with Crippen molar-refractivity contribution in [1.82, 2.24) is 9.55 Å². The Labute approximate surface area is 110 Å². The van der Waals surface area contributed by atoms with E-state index < -0.39 is 0 Å². The SMILES string of the molecule is Cc1nc2cc(C(N)c3cccs3)ccc2n1C. The third kappa shape index (κ3) is 1.74. The maximum Gasteiger partial charge on any atom is 0.106 e. The summed E-state index contributed by atoms with van der Waals surface area (Å²) in [6.45, 7) is 2.01. The van der Waals surface area contributed by atoms with Gasteiger partial charge in [0.25, 0.3) is 0 Å². The lowest BCUT2D eigenvalue weighted by molar-refractivity contribution is 0.884. The number of hydrogen-bond acceptors (Lipinski definition) is 3. The van der Waals surface area contributed by atoms with Gasteiger partial charge in [0.1, 0.15) is 5.82 Å². The first-order valence-corrected chi connectivity index (χ1v) is 6.77. The molecule has 3 nitrogen and oxygen atoms in total. The number of rotatable bonds is 2. The van der Waals surface area contributed by atoms with Crippen molar-refractivity contribution in [2.24, 2.45) is 12.8 Å². The summed E-state index contributed by atoms with van der Waals surface area (Å²) in [4.78, 5) is 5.73. The van der Waals surface area contributed by atoms with Crippen LogP contribution in [0.25, 0.3) is 11.0 Å². The minimum Gasteiger partial charge on any atom is -0.331 e. The van der Waals surface area contributed by atoms with Crippen LogP contribution in [-0.4, -0.2) is 9.55 Å². The molecule has 0 radical (unpaired) electrons. The molecule has 0 aliphatic carbocycles. The van der Waals surface area contributed by atoms with Crippen LogP contribution >= 0.6 is 11.3 Å². The van der Waals surface area contributed by atoms with Crippen LogP contribution in [0.4, 0.5) is 0 Å². The van der Waals surface area contributed by atoms with Gasteiger partial charge >= 0.3 is 0 Å². The molecule has 0 saturated heterocycles. The molecule has 0 bridgehead atoms. The average Bonchev–Trinajstić information content (AvgIpc) is 2.98. The molecule has 1 aromatic carbocycles. The highest BCUT2D eigenvalue weighted by molar-refractivity contribution is 7.10. The van der Waals surface area contributed by atoms with Crippen molar-refractivity contribution in [2.45, 2.75) is 13.0 Å². The van der Waals surface area contributed by atoms with E-state index in [1.165, 1.54) is 4.88 Å². The molecule has 18 heavy (non-hydrogen) atoms. The Kier molecular flexibility index (Phi) is 2.69. The predicted molar refractivity (Wildman–Crippen MR) is 75.8 cm³/mol. The molecular weight excluding hydrogens is 242 g/mol. The van der Waals surface area contributed by atoms with E-state index in [-0.39, 0.29) is 6.04 Å². The highest BCUT2D eigenvalue weighted by atomic mass is 32.1. The minimum atomic E-state index is -0.0586. The third-order valence-corrected chi connectivity index (χ3v) is 4.29. The number of aromatic nitrogens is 2. The number of nitrogens with zero attached hydrogens (tertiary/aromatic N) is 2. The van der Waals surface area contributed by atoms with E-state index in [4.69, 9.17) is 5.73 Å². The van der Waals surface area contributed by atoms with E-state index >= 15 is 0 Å². The summed E-state index contributed by atoms with van der Waals surface area (Å²) in [5, 5.41) is 2.05. The van der Waals surface area contributed by atoms with Crippen LogP contribution in [0.3, 0.4) is 0 Å². The fraction of sp³-hybridized carbons (Fsp3) is 0.214. The molecule has 1 unspecified atom stereocenters. The van der Waals surface area contributed by atoms with E-state index in [1.807, 2.05) is 20.0 Å². The van der Waals surface area contributed by atoms with Gasteiger partial charge in [-0.3, -0.25) is 0 Å². The number of nitrogens with two attached hydrogens (primary N) is 1. The van der Waals surface area contributed by atoms with Crippen molar-refractivity contribution in [3.05, 3.63) is 52.0 Å². The van der Waals surface area contributed by atoms with Gasteiger partial charge in [-0.15, -0.1) is 11.3 Å². The van der Waals surface area contributed by atoms with Gasteiger partial charge < -0.3 is 10.3 Å². The second-order valence-corrected chi connectivity index (χ2v) is 5.44. The number of hydrogen-bond donors (Lipinski definition) is 1. The van der Waals surface area contributed by atoms with Gasteiger partial charge in [-0.2, -0.15) is 0 Å². The van der Waals surface area contributed by atoms with E-state index in [1.54, 1.807) is 11.3 Å². The molecule has 3 aromatic rings. The summed E-state index contributed by atoms with van der Waals surface area (Å²) in [7, 11) is 2.03. The Balaban J connectivity index is 2.08. The molecule has 4 heteroatoms. The van der Waals surface area contributed by atoms with Gasteiger partial charge in [0, 0.05) is 11.9 Å². The molecule has 0 aliphatic heterocycles. The first-order valence-electron chi connectivity index (χ1n) is 5.89. The van der Waals surface area contributed by atoms with Crippen LogP contribution in [0.15, 0.2) is 35.7 Å². The molecule has 0 amide bonds. The van der Waals surface area contributed by atoms with E-state index in [9.17, 15) is 0 Å². The minimum absolute atomic E-state index is 0.0586. The van der Waals surface area contributed by atoms with Crippen molar-refractivity contribution >= 4 is 22.4 Å². The maximum atomic E-state index is 6.27. The van der Waals surface area contributed by atoms with E-state index in [2.05, 4.69) is 39.2 Å². The molecule has 0 aliphatic rings. The zero-order chi connectivity index (χ0) is 12.7. The second-order valence-electron chi connectivity index (χ2n) is 4.46. The molecule has 3 rings (SSSR count). The monoisotopic (exact) mass is 257 g/mol. The zero-order valence-electron chi connectivity index (χ0n) is 10.4. The lowest BCUT2D eigenvalue weighted by atomic mass is 10.1. The van der Waals surface area contributed by atoms with Gasteiger partial charge in [-0.05, 0) is 36.1 Å². The Morgan fingerprint density at radius 2 is 2.17 bits per heavy atom. The quantitative estimate of drug-likeness (QED) is 0.767. The molecule has 0 spiro atoms. The van der Waals surface area contributed by atoms with Crippen molar-refractivity contribution in [1.29, 1.82) is 0 Å².